The van der Waals surface area contributed by atoms with Gasteiger partial charge in [-0.2, -0.15) is 0 Å². The molecule has 1 rings (SSSR count). The van der Waals surface area contributed by atoms with Gasteiger partial charge in [0, 0.05) is 13.2 Å². The Bertz CT molecular complexity index is 442. The Hall–Kier alpha value is -0.950. The summed E-state index contributed by atoms with van der Waals surface area (Å²) in [6, 6.07) is 6.83. The first-order valence-corrected chi connectivity index (χ1v) is 7.46. The maximum atomic E-state index is 11.7. The predicted molar refractivity (Wildman–Crippen MR) is 69.5 cm³/mol. The molecule has 0 fully saturated rings. The van der Waals surface area contributed by atoms with Crippen LogP contribution >= 0.6 is 0 Å². The van der Waals surface area contributed by atoms with Crippen molar-refractivity contribution in [2.75, 3.05) is 19.8 Å². The highest BCUT2D eigenvalue weighted by Crippen LogP contribution is 2.07. The van der Waals surface area contributed by atoms with E-state index in [9.17, 15) is 8.42 Å². The first-order chi connectivity index (χ1) is 8.57. The van der Waals surface area contributed by atoms with Gasteiger partial charge in [0.1, 0.15) is 0 Å². The minimum absolute atomic E-state index is 0.0420. The molecule has 0 heterocycles. The van der Waals surface area contributed by atoms with Crippen molar-refractivity contribution < 1.29 is 18.3 Å². The second-order valence-corrected chi connectivity index (χ2v) is 5.63. The highest BCUT2D eigenvalue weighted by molar-refractivity contribution is 7.88. The average molecular weight is 273 g/mol. The van der Waals surface area contributed by atoms with Gasteiger partial charge in [-0.1, -0.05) is 24.3 Å². The van der Waals surface area contributed by atoms with Crippen molar-refractivity contribution in [3.05, 3.63) is 35.4 Å². The molecule has 0 bridgehead atoms. The Morgan fingerprint density at radius 3 is 2.39 bits per heavy atom. The summed E-state index contributed by atoms with van der Waals surface area (Å²) in [6.45, 7) is 3.05. The third-order valence-corrected chi connectivity index (χ3v) is 3.69. The minimum atomic E-state index is -3.33. The van der Waals surface area contributed by atoms with E-state index in [0.29, 0.717) is 18.8 Å². The lowest BCUT2D eigenvalue weighted by atomic mass is 10.2. The summed E-state index contributed by atoms with van der Waals surface area (Å²) < 4.78 is 30.9. The van der Waals surface area contributed by atoms with E-state index < -0.39 is 10.0 Å². The van der Waals surface area contributed by atoms with Crippen LogP contribution in [0.5, 0.6) is 0 Å². The summed E-state index contributed by atoms with van der Waals surface area (Å²) in [7, 11) is -3.33. The van der Waals surface area contributed by atoms with E-state index in [-0.39, 0.29) is 18.9 Å². The molecular weight excluding hydrogens is 254 g/mol. The van der Waals surface area contributed by atoms with Crippen molar-refractivity contribution in [3.8, 4) is 0 Å². The zero-order valence-corrected chi connectivity index (χ0v) is 11.2. The van der Waals surface area contributed by atoms with Crippen LogP contribution in [-0.2, 0) is 27.1 Å². The predicted octanol–water partition coefficient (Wildman–Crippen LogP) is 0.635. The normalized spacial score (nSPS) is 11.7. The van der Waals surface area contributed by atoms with Crippen LogP contribution in [0.4, 0.5) is 0 Å². The fraction of sp³-hybridized carbons (Fsp3) is 0.500. The van der Waals surface area contributed by atoms with Gasteiger partial charge in [0.05, 0.1) is 19.0 Å². The highest BCUT2D eigenvalue weighted by atomic mass is 32.2. The number of nitrogens with one attached hydrogen (secondary N) is 1. The Morgan fingerprint density at radius 1 is 1.22 bits per heavy atom. The molecule has 0 saturated heterocycles. The topological polar surface area (TPSA) is 75.6 Å². The number of ether oxygens (including phenoxy) is 1. The maximum absolute atomic E-state index is 11.7. The second-order valence-electron chi connectivity index (χ2n) is 3.82. The van der Waals surface area contributed by atoms with Crippen molar-refractivity contribution in [2.45, 2.75) is 19.3 Å². The van der Waals surface area contributed by atoms with Gasteiger partial charge < -0.3 is 9.84 Å². The van der Waals surface area contributed by atoms with Gasteiger partial charge in [-0.3, -0.25) is 0 Å². The third-order valence-electron chi connectivity index (χ3n) is 2.33. The number of sulfonamides is 1. The van der Waals surface area contributed by atoms with E-state index in [0.717, 1.165) is 5.56 Å². The molecule has 0 unspecified atom stereocenters. The summed E-state index contributed by atoms with van der Waals surface area (Å²) >= 11 is 0. The zero-order chi connectivity index (χ0) is 13.4. The first-order valence-electron chi connectivity index (χ1n) is 5.81. The van der Waals surface area contributed by atoms with Gasteiger partial charge in [0.25, 0.3) is 0 Å². The summed E-state index contributed by atoms with van der Waals surface area (Å²) in [4.78, 5) is 0. The molecule has 102 valence electrons. The van der Waals surface area contributed by atoms with Crippen LogP contribution in [0.3, 0.4) is 0 Å². The maximum Gasteiger partial charge on any atom is 0.215 e. The second kappa shape index (κ2) is 7.48. The van der Waals surface area contributed by atoms with E-state index >= 15 is 0 Å². The minimum Gasteiger partial charge on any atom is -0.392 e. The molecule has 1 aromatic carbocycles. The van der Waals surface area contributed by atoms with Crippen LogP contribution < -0.4 is 4.72 Å². The van der Waals surface area contributed by atoms with Gasteiger partial charge in [0.2, 0.25) is 10.0 Å². The lowest BCUT2D eigenvalue weighted by Gasteiger charge is -2.07. The Morgan fingerprint density at radius 2 is 1.83 bits per heavy atom. The summed E-state index contributed by atoms with van der Waals surface area (Å²) in [6.07, 6.45) is 0. The van der Waals surface area contributed by atoms with Gasteiger partial charge in [-0.05, 0) is 18.1 Å². The lowest BCUT2D eigenvalue weighted by molar-refractivity contribution is 0.153. The van der Waals surface area contributed by atoms with Crippen LogP contribution in [-0.4, -0.2) is 33.3 Å². The largest absolute Gasteiger partial charge is 0.392 e. The van der Waals surface area contributed by atoms with Crippen LogP contribution in [0.2, 0.25) is 0 Å². The molecule has 2 N–H and O–H groups in total. The van der Waals surface area contributed by atoms with Gasteiger partial charge in [-0.15, -0.1) is 0 Å². The van der Waals surface area contributed by atoms with Gasteiger partial charge in [0.15, 0.2) is 0 Å². The van der Waals surface area contributed by atoms with E-state index in [4.69, 9.17) is 9.84 Å². The highest BCUT2D eigenvalue weighted by Gasteiger charge is 2.10. The molecule has 0 aliphatic heterocycles. The standard InChI is InChI=1S/C12H19NO4S/c1-2-17-8-7-13-18(15,16)10-12-5-3-11(9-14)4-6-12/h3-6,13-14H,2,7-10H2,1H3. The SMILES string of the molecule is CCOCCNS(=O)(=O)Cc1ccc(CO)cc1. The zero-order valence-electron chi connectivity index (χ0n) is 10.4. The Kier molecular flexibility index (Phi) is 6.28. The van der Waals surface area contributed by atoms with Crippen molar-refractivity contribution in [1.82, 2.24) is 4.72 Å². The number of rotatable bonds is 8. The molecule has 0 atom stereocenters. The van der Waals surface area contributed by atoms with Gasteiger partial charge >= 0.3 is 0 Å². The molecule has 0 saturated carbocycles. The molecule has 6 heteroatoms. The number of hydrogen-bond acceptors (Lipinski definition) is 4. The van der Waals surface area contributed by atoms with E-state index in [1.165, 1.54) is 0 Å². The van der Waals surface area contributed by atoms with Crippen molar-refractivity contribution in [2.24, 2.45) is 0 Å². The monoisotopic (exact) mass is 273 g/mol. The van der Waals surface area contributed by atoms with Crippen molar-refractivity contribution in [3.63, 3.8) is 0 Å². The molecule has 18 heavy (non-hydrogen) atoms. The Balaban J connectivity index is 2.48. The van der Waals surface area contributed by atoms with Crippen LogP contribution in [0.15, 0.2) is 24.3 Å². The number of hydrogen-bond donors (Lipinski definition) is 2. The molecule has 0 radical (unpaired) electrons. The lowest BCUT2D eigenvalue weighted by Crippen LogP contribution is -2.28. The van der Waals surface area contributed by atoms with Crippen LogP contribution in [0, 0.1) is 0 Å². The molecule has 0 aliphatic rings. The van der Waals surface area contributed by atoms with Crippen molar-refractivity contribution >= 4 is 10.0 Å². The van der Waals surface area contributed by atoms with E-state index in [1.54, 1.807) is 24.3 Å². The quantitative estimate of drug-likeness (QED) is 0.681. The summed E-state index contributed by atoms with van der Waals surface area (Å²) in [5, 5.41) is 8.88. The first kappa shape index (κ1) is 15.1. The smallest absolute Gasteiger partial charge is 0.215 e. The van der Waals surface area contributed by atoms with Gasteiger partial charge in [-0.25, -0.2) is 13.1 Å². The molecule has 0 aliphatic carbocycles. The van der Waals surface area contributed by atoms with Crippen LogP contribution in [0.1, 0.15) is 18.1 Å². The third kappa shape index (κ3) is 5.59. The summed E-state index contributed by atoms with van der Waals surface area (Å²) in [5.41, 5.74) is 1.46. The number of benzene rings is 1. The fourth-order valence-electron chi connectivity index (χ4n) is 1.43. The summed E-state index contributed by atoms with van der Waals surface area (Å²) in [5.74, 6) is -0.0646. The Labute approximate surface area is 108 Å². The fourth-order valence-corrected chi connectivity index (χ4v) is 2.55. The molecule has 5 nitrogen and oxygen atoms in total. The molecule has 1 aromatic rings. The van der Waals surface area contributed by atoms with E-state index in [1.807, 2.05) is 6.92 Å². The number of aliphatic hydroxyl groups is 1. The average Bonchev–Trinajstić information content (AvgIpc) is 2.35. The molecule has 0 amide bonds. The molecule has 0 aromatic heterocycles. The molecular formula is C12H19NO4S. The van der Waals surface area contributed by atoms with E-state index in [2.05, 4.69) is 4.72 Å². The van der Waals surface area contributed by atoms with Crippen molar-refractivity contribution in [1.29, 1.82) is 0 Å². The molecule has 0 spiro atoms. The van der Waals surface area contributed by atoms with Crippen LogP contribution in [0.25, 0.3) is 0 Å². The number of aliphatic hydroxyl groups excluding tert-OH is 1.